The van der Waals surface area contributed by atoms with Crippen molar-refractivity contribution >= 4 is 33.4 Å². The molecule has 0 saturated heterocycles. The number of hydrogen-bond donors (Lipinski definition) is 0. The average Bonchev–Trinajstić information content (AvgIpc) is 3.27. The number of methoxy groups -OCH3 is 2. The van der Waals surface area contributed by atoms with E-state index in [9.17, 15) is 9.59 Å². The molecular weight excluding hydrogens is 498 g/mol. The number of benzene rings is 3. The molecule has 0 fully saturated rings. The fraction of sp³-hybridized carbons (Fsp3) is 0.300. The molecule has 38 heavy (non-hydrogen) atoms. The van der Waals surface area contributed by atoms with Crippen LogP contribution in [0.2, 0.25) is 0 Å². The molecule has 3 aromatic carbocycles. The molecule has 1 heterocycles. The number of aryl methyl sites for hydroxylation is 2. The van der Waals surface area contributed by atoms with Crippen molar-refractivity contribution in [3.63, 3.8) is 0 Å². The Morgan fingerprint density at radius 1 is 0.947 bits per heavy atom. The highest BCUT2D eigenvalue weighted by atomic mass is 32.1. The molecule has 0 saturated carbocycles. The van der Waals surface area contributed by atoms with Crippen molar-refractivity contribution < 1.29 is 19.1 Å². The van der Waals surface area contributed by atoms with E-state index in [1.54, 1.807) is 38.3 Å². The number of nitrogens with zero attached hydrogens (tertiary/aromatic N) is 3. The van der Waals surface area contributed by atoms with Crippen LogP contribution in [0.3, 0.4) is 0 Å². The smallest absolute Gasteiger partial charge is 0.279 e. The van der Waals surface area contributed by atoms with E-state index in [2.05, 4.69) is 11.1 Å². The molecule has 7 nitrogen and oxygen atoms in total. The van der Waals surface area contributed by atoms with E-state index in [1.165, 1.54) is 11.3 Å². The van der Waals surface area contributed by atoms with Crippen LogP contribution in [0, 0.1) is 13.8 Å². The number of rotatable bonds is 8. The van der Waals surface area contributed by atoms with Gasteiger partial charge in [0.1, 0.15) is 6.04 Å². The van der Waals surface area contributed by atoms with Crippen LogP contribution >= 0.6 is 11.3 Å². The number of carbonyl (C=O) groups is 2. The Kier molecular flexibility index (Phi) is 8.32. The zero-order valence-electron chi connectivity index (χ0n) is 22.6. The summed E-state index contributed by atoms with van der Waals surface area (Å²) in [7, 11) is 5.01. The molecule has 8 heteroatoms. The normalized spacial score (nSPS) is 12.4. The summed E-state index contributed by atoms with van der Waals surface area (Å²) in [5.74, 6) is 0.938. The predicted octanol–water partition coefficient (Wildman–Crippen LogP) is 5.34. The number of thiazole rings is 1. The van der Waals surface area contributed by atoms with Crippen molar-refractivity contribution in [3.8, 4) is 11.5 Å². The monoisotopic (exact) mass is 531 g/mol. The summed E-state index contributed by atoms with van der Waals surface area (Å²) in [5, 5.41) is 0. The summed E-state index contributed by atoms with van der Waals surface area (Å²) in [6.45, 7) is 6.38. The Bertz CT molecular complexity index is 1540. The van der Waals surface area contributed by atoms with Gasteiger partial charge in [0.25, 0.3) is 5.91 Å². The molecule has 1 atom stereocenters. The minimum Gasteiger partial charge on any atom is -0.493 e. The number of aromatic nitrogens is 1. The van der Waals surface area contributed by atoms with E-state index in [0.29, 0.717) is 34.8 Å². The molecule has 4 rings (SSSR count). The molecule has 0 aliphatic rings. The van der Waals surface area contributed by atoms with Gasteiger partial charge in [0.05, 0.1) is 24.4 Å². The molecule has 0 aliphatic carbocycles. The highest BCUT2D eigenvalue weighted by Gasteiger charge is 2.23. The molecule has 0 N–H and O–H groups in total. The molecule has 0 unspecified atom stereocenters. The minimum atomic E-state index is -0.550. The van der Waals surface area contributed by atoms with E-state index in [4.69, 9.17) is 9.47 Å². The van der Waals surface area contributed by atoms with Gasteiger partial charge in [-0.05, 0) is 74.7 Å². The van der Waals surface area contributed by atoms with Crippen LogP contribution < -0.4 is 14.3 Å². The molecule has 1 aromatic heterocycles. The van der Waals surface area contributed by atoms with E-state index in [-0.39, 0.29) is 11.8 Å². The fourth-order valence-electron chi connectivity index (χ4n) is 4.32. The number of amides is 2. The van der Waals surface area contributed by atoms with Gasteiger partial charge >= 0.3 is 0 Å². The highest BCUT2D eigenvalue weighted by molar-refractivity contribution is 7.16. The van der Waals surface area contributed by atoms with E-state index < -0.39 is 6.04 Å². The second-order valence-corrected chi connectivity index (χ2v) is 10.4. The first-order chi connectivity index (χ1) is 18.2. The highest BCUT2D eigenvalue weighted by Crippen LogP contribution is 2.28. The van der Waals surface area contributed by atoms with Crippen LogP contribution in [0.15, 0.2) is 65.7 Å². The fourth-order valence-corrected chi connectivity index (χ4v) is 5.52. The lowest BCUT2D eigenvalue weighted by Gasteiger charge is -2.23. The summed E-state index contributed by atoms with van der Waals surface area (Å²) in [6.07, 6.45) is 0.659. The minimum absolute atomic E-state index is 0.0602. The van der Waals surface area contributed by atoms with E-state index in [0.717, 1.165) is 26.9 Å². The summed E-state index contributed by atoms with van der Waals surface area (Å²) in [6, 6.07) is 18.6. The van der Waals surface area contributed by atoms with Crippen LogP contribution in [0.4, 0.5) is 0 Å². The van der Waals surface area contributed by atoms with Crippen LogP contribution in [0.1, 0.15) is 40.0 Å². The Balaban J connectivity index is 1.62. The van der Waals surface area contributed by atoms with Crippen molar-refractivity contribution in [2.24, 2.45) is 4.99 Å². The standard InChI is InChI=1S/C30H33N3O4S/c1-19-7-11-23(12-8-19)28(34)31-30-33(24-13-9-20(2)17-27(24)38-30)21(3)29(35)32(4)16-15-22-10-14-25(36-5)26(18-22)37-6/h7-14,17-18,21H,15-16H2,1-6H3/t21-/m1/s1. The molecule has 4 aromatic rings. The van der Waals surface area contributed by atoms with Gasteiger partial charge in [-0.25, -0.2) is 0 Å². The summed E-state index contributed by atoms with van der Waals surface area (Å²) in [4.78, 5) is 33.3. The van der Waals surface area contributed by atoms with Gasteiger partial charge in [-0.1, -0.05) is 41.2 Å². The zero-order chi connectivity index (χ0) is 27.4. The lowest BCUT2D eigenvalue weighted by Crippen LogP contribution is -2.37. The second-order valence-electron chi connectivity index (χ2n) is 9.38. The maximum atomic E-state index is 13.6. The second kappa shape index (κ2) is 11.6. The summed E-state index contributed by atoms with van der Waals surface area (Å²) >= 11 is 1.42. The Morgan fingerprint density at radius 2 is 1.63 bits per heavy atom. The van der Waals surface area contributed by atoms with Gasteiger partial charge in [-0.15, -0.1) is 0 Å². The van der Waals surface area contributed by atoms with Crippen molar-refractivity contribution in [2.45, 2.75) is 33.2 Å². The van der Waals surface area contributed by atoms with Crippen LogP contribution in [-0.2, 0) is 11.2 Å². The molecule has 198 valence electrons. The number of hydrogen-bond acceptors (Lipinski definition) is 5. The van der Waals surface area contributed by atoms with Gasteiger partial charge in [0.15, 0.2) is 16.3 Å². The Morgan fingerprint density at radius 3 is 2.32 bits per heavy atom. The van der Waals surface area contributed by atoms with Crippen molar-refractivity contribution in [1.82, 2.24) is 9.47 Å². The molecule has 0 bridgehead atoms. The first-order valence-electron chi connectivity index (χ1n) is 12.4. The van der Waals surface area contributed by atoms with Crippen LogP contribution in [-0.4, -0.2) is 49.1 Å². The van der Waals surface area contributed by atoms with E-state index in [1.807, 2.05) is 67.8 Å². The topological polar surface area (TPSA) is 73.1 Å². The lowest BCUT2D eigenvalue weighted by atomic mass is 10.1. The number of carbonyl (C=O) groups excluding carboxylic acids is 2. The van der Waals surface area contributed by atoms with Crippen LogP contribution in [0.5, 0.6) is 11.5 Å². The lowest BCUT2D eigenvalue weighted by molar-refractivity contribution is -0.132. The first kappa shape index (κ1) is 27.1. The Hall–Kier alpha value is -3.91. The van der Waals surface area contributed by atoms with Gasteiger partial charge < -0.3 is 18.9 Å². The van der Waals surface area contributed by atoms with Crippen molar-refractivity contribution in [1.29, 1.82) is 0 Å². The third-order valence-corrected chi connectivity index (χ3v) is 7.60. The Labute approximate surface area is 227 Å². The molecule has 2 amide bonds. The SMILES string of the molecule is COc1ccc(CCN(C)C(=O)[C@@H](C)n2c(=NC(=O)c3ccc(C)cc3)sc3cc(C)ccc32)cc1OC. The maximum Gasteiger partial charge on any atom is 0.279 e. The van der Waals surface area contributed by atoms with Crippen molar-refractivity contribution in [3.05, 3.63) is 87.7 Å². The largest absolute Gasteiger partial charge is 0.493 e. The van der Waals surface area contributed by atoms with Gasteiger partial charge in [0.2, 0.25) is 5.91 Å². The third-order valence-electron chi connectivity index (χ3n) is 6.58. The quantitative estimate of drug-likeness (QED) is 0.308. The number of likely N-dealkylation sites (N-methyl/N-ethyl adjacent to an activating group) is 1. The van der Waals surface area contributed by atoms with Gasteiger partial charge in [-0.2, -0.15) is 4.99 Å². The first-order valence-corrected chi connectivity index (χ1v) is 13.3. The molecule has 0 radical (unpaired) electrons. The van der Waals surface area contributed by atoms with Crippen LogP contribution in [0.25, 0.3) is 10.2 Å². The third kappa shape index (κ3) is 5.81. The number of ether oxygens (including phenoxy) is 2. The number of fused-ring (bicyclic) bond motifs is 1. The zero-order valence-corrected chi connectivity index (χ0v) is 23.5. The maximum absolute atomic E-state index is 13.6. The molecular formula is C30H33N3O4S. The van der Waals surface area contributed by atoms with E-state index >= 15 is 0 Å². The van der Waals surface area contributed by atoms with Gasteiger partial charge in [0, 0.05) is 19.2 Å². The predicted molar refractivity (Wildman–Crippen MR) is 151 cm³/mol. The molecule has 0 aliphatic heterocycles. The van der Waals surface area contributed by atoms with Gasteiger partial charge in [-0.3, -0.25) is 9.59 Å². The summed E-state index contributed by atoms with van der Waals surface area (Å²) in [5.41, 5.74) is 4.61. The summed E-state index contributed by atoms with van der Waals surface area (Å²) < 4.78 is 13.6. The molecule has 0 spiro atoms. The average molecular weight is 532 g/mol. The van der Waals surface area contributed by atoms with Crippen molar-refractivity contribution in [2.75, 3.05) is 27.8 Å².